The summed E-state index contributed by atoms with van der Waals surface area (Å²) < 4.78 is 12.7. The van der Waals surface area contributed by atoms with Gasteiger partial charge in [-0.25, -0.2) is 5.10 Å². The maximum absolute atomic E-state index is 5.48. The molecule has 0 radical (unpaired) electrons. The highest BCUT2D eigenvalue weighted by molar-refractivity contribution is 7.71. The van der Waals surface area contributed by atoms with Gasteiger partial charge < -0.3 is 9.47 Å². The van der Waals surface area contributed by atoms with E-state index in [2.05, 4.69) is 39.6 Å². The lowest BCUT2D eigenvalue weighted by atomic mass is 10.1. The molecular formula is C21H18N4O2S. The van der Waals surface area contributed by atoms with E-state index in [4.69, 9.17) is 21.7 Å². The lowest BCUT2D eigenvalue weighted by molar-refractivity contribution is 0.395. The number of aromatic nitrogens is 3. The zero-order chi connectivity index (χ0) is 19.5. The summed E-state index contributed by atoms with van der Waals surface area (Å²) in [5.74, 6) is 1.87. The molecule has 1 aromatic heterocycles. The molecule has 0 unspecified atom stereocenters. The fourth-order valence-electron chi connectivity index (χ4n) is 2.97. The quantitative estimate of drug-likeness (QED) is 0.398. The van der Waals surface area contributed by atoms with Gasteiger partial charge in [-0.1, -0.05) is 36.4 Å². The Hall–Kier alpha value is -3.45. The van der Waals surface area contributed by atoms with Crippen molar-refractivity contribution >= 4 is 29.2 Å². The minimum absolute atomic E-state index is 0.393. The average Bonchev–Trinajstić information content (AvgIpc) is 3.11. The molecule has 1 heterocycles. The molecule has 4 aromatic rings. The van der Waals surface area contributed by atoms with Gasteiger partial charge in [0.05, 0.1) is 26.0 Å². The summed E-state index contributed by atoms with van der Waals surface area (Å²) in [4.78, 5) is 0. The summed E-state index contributed by atoms with van der Waals surface area (Å²) in [6.07, 6.45) is 1.76. The molecule has 0 spiro atoms. The van der Waals surface area contributed by atoms with E-state index in [1.165, 1.54) is 5.39 Å². The average molecular weight is 390 g/mol. The van der Waals surface area contributed by atoms with E-state index in [-0.39, 0.29) is 0 Å². The first-order chi connectivity index (χ1) is 13.7. The number of fused-ring (bicyclic) bond motifs is 1. The molecule has 4 rings (SSSR count). The van der Waals surface area contributed by atoms with Crippen molar-refractivity contribution in [1.29, 1.82) is 0 Å². The number of nitrogens with zero attached hydrogens (tertiary/aromatic N) is 3. The van der Waals surface area contributed by atoms with Crippen LogP contribution in [0.2, 0.25) is 0 Å². The fourth-order valence-corrected chi connectivity index (χ4v) is 3.15. The SMILES string of the molecule is COc1ccc(-c2n[nH]c(=S)n2/N=C\c2ccc3ccccc3c2)c(OC)c1. The van der Waals surface area contributed by atoms with E-state index >= 15 is 0 Å². The molecule has 140 valence electrons. The fraction of sp³-hybridized carbons (Fsp3) is 0.0952. The second-order valence-electron chi connectivity index (χ2n) is 6.08. The maximum Gasteiger partial charge on any atom is 0.216 e. The molecule has 28 heavy (non-hydrogen) atoms. The van der Waals surface area contributed by atoms with Crippen LogP contribution in [0.5, 0.6) is 11.5 Å². The summed E-state index contributed by atoms with van der Waals surface area (Å²) in [6, 6.07) is 19.9. The highest BCUT2D eigenvalue weighted by Gasteiger charge is 2.14. The van der Waals surface area contributed by atoms with Gasteiger partial charge in [-0.2, -0.15) is 14.9 Å². The van der Waals surface area contributed by atoms with E-state index in [1.807, 2.05) is 30.3 Å². The number of H-pyrrole nitrogens is 1. The lowest BCUT2D eigenvalue weighted by Gasteiger charge is -2.09. The zero-order valence-electron chi connectivity index (χ0n) is 15.4. The van der Waals surface area contributed by atoms with Crippen LogP contribution in [0.3, 0.4) is 0 Å². The van der Waals surface area contributed by atoms with E-state index in [1.54, 1.807) is 31.2 Å². The lowest BCUT2D eigenvalue weighted by Crippen LogP contribution is -1.98. The highest BCUT2D eigenvalue weighted by Crippen LogP contribution is 2.32. The second kappa shape index (κ2) is 7.66. The van der Waals surface area contributed by atoms with Gasteiger partial charge in [0.25, 0.3) is 0 Å². The van der Waals surface area contributed by atoms with Gasteiger partial charge in [0, 0.05) is 6.07 Å². The largest absolute Gasteiger partial charge is 0.497 e. The molecule has 0 amide bonds. The summed E-state index contributed by atoms with van der Waals surface area (Å²) in [7, 11) is 3.21. The number of aromatic amines is 1. The minimum Gasteiger partial charge on any atom is -0.497 e. The molecule has 0 aliphatic carbocycles. The number of hydrogen-bond acceptors (Lipinski definition) is 5. The summed E-state index contributed by atoms with van der Waals surface area (Å²) in [5.41, 5.74) is 1.72. The molecule has 0 saturated carbocycles. The third-order valence-electron chi connectivity index (χ3n) is 4.40. The van der Waals surface area contributed by atoms with Crippen LogP contribution in [0.1, 0.15) is 5.56 Å². The molecule has 1 N–H and O–H groups in total. The van der Waals surface area contributed by atoms with Gasteiger partial charge in [0.15, 0.2) is 5.82 Å². The summed E-state index contributed by atoms with van der Waals surface area (Å²) in [5, 5.41) is 14.0. The van der Waals surface area contributed by atoms with Crippen molar-refractivity contribution in [3.63, 3.8) is 0 Å². The van der Waals surface area contributed by atoms with Gasteiger partial charge in [-0.05, 0) is 46.8 Å². The molecule has 3 aromatic carbocycles. The molecule has 0 fully saturated rings. The maximum atomic E-state index is 5.48. The predicted molar refractivity (Wildman–Crippen MR) is 113 cm³/mol. The first-order valence-corrected chi connectivity index (χ1v) is 9.03. The third kappa shape index (κ3) is 3.39. The van der Waals surface area contributed by atoms with Crippen molar-refractivity contribution < 1.29 is 9.47 Å². The number of hydrogen-bond donors (Lipinski definition) is 1. The van der Waals surface area contributed by atoms with Crippen LogP contribution in [0.15, 0.2) is 65.8 Å². The van der Waals surface area contributed by atoms with Crippen molar-refractivity contribution in [3.8, 4) is 22.9 Å². The van der Waals surface area contributed by atoms with Gasteiger partial charge in [-0.3, -0.25) is 0 Å². The standard InChI is InChI=1S/C21H18N4O2S/c1-26-17-9-10-18(19(12-17)27-2)20-23-24-21(28)25(20)22-13-14-7-8-15-5-3-4-6-16(15)11-14/h3-13H,1-2H3,(H,24,28)/b22-13-. The van der Waals surface area contributed by atoms with Crippen molar-refractivity contribution in [1.82, 2.24) is 14.9 Å². The Balaban J connectivity index is 1.74. The van der Waals surface area contributed by atoms with Crippen LogP contribution in [0.25, 0.3) is 22.2 Å². The predicted octanol–water partition coefficient (Wildman–Crippen LogP) is 4.66. The van der Waals surface area contributed by atoms with Crippen LogP contribution < -0.4 is 9.47 Å². The summed E-state index contributed by atoms with van der Waals surface area (Å²) >= 11 is 5.36. The molecule has 0 aliphatic heterocycles. The Morgan fingerprint density at radius 1 is 1.00 bits per heavy atom. The molecule has 0 saturated heterocycles. The second-order valence-corrected chi connectivity index (χ2v) is 6.47. The van der Waals surface area contributed by atoms with Gasteiger partial charge in [0.1, 0.15) is 11.5 Å². The van der Waals surface area contributed by atoms with Crippen LogP contribution >= 0.6 is 12.2 Å². The van der Waals surface area contributed by atoms with Crippen LogP contribution in [0, 0.1) is 4.77 Å². The van der Waals surface area contributed by atoms with E-state index < -0.39 is 0 Å². The first kappa shape index (κ1) is 17.9. The Morgan fingerprint density at radius 2 is 1.82 bits per heavy atom. The normalized spacial score (nSPS) is 11.2. The highest BCUT2D eigenvalue weighted by atomic mass is 32.1. The monoisotopic (exact) mass is 390 g/mol. The number of benzene rings is 3. The molecule has 0 atom stereocenters. The van der Waals surface area contributed by atoms with Gasteiger partial charge in [-0.15, -0.1) is 0 Å². The zero-order valence-corrected chi connectivity index (χ0v) is 16.2. The smallest absolute Gasteiger partial charge is 0.216 e. The molecule has 0 bridgehead atoms. The minimum atomic E-state index is 0.393. The van der Waals surface area contributed by atoms with Crippen molar-refractivity contribution in [2.75, 3.05) is 14.2 Å². The Morgan fingerprint density at radius 3 is 2.61 bits per heavy atom. The van der Waals surface area contributed by atoms with E-state index in [0.29, 0.717) is 22.1 Å². The van der Waals surface area contributed by atoms with Crippen LogP contribution in [0.4, 0.5) is 0 Å². The Bertz CT molecular complexity index is 1230. The molecule has 0 aliphatic rings. The number of methoxy groups -OCH3 is 2. The van der Waals surface area contributed by atoms with E-state index in [9.17, 15) is 0 Å². The molecule has 6 nitrogen and oxygen atoms in total. The van der Waals surface area contributed by atoms with Crippen molar-refractivity contribution in [3.05, 3.63) is 71.0 Å². The summed E-state index contributed by atoms with van der Waals surface area (Å²) in [6.45, 7) is 0. The van der Waals surface area contributed by atoms with Crippen LogP contribution in [-0.2, 0) is 0 Å². The molecule has 7 heteroatoms. The number of ether oxygens (including phenoxy) is 2. The van der Waals surface area contributed by atoms with Crippen LogP contribution in [-0.4, -0.2) is 35.3 Å². The number of nitrogens with one attached hydrogen (secondary N) is 1. The number of rotatable bonds is 5. The van der Waals surface area contributed by atoms with Gasteiger partial charge in [0.2, 0.25) is 4.77 Å². The van der Waals surface area contributed by atoms with Crippen molar-refractivity contribution in [2.24, 2.45) is 5.10 Å². The Kier molecular flexibility index (Phi) is 4.90. The van der Waals surface area contributed by atoms with E-state index in [0.717, 1.165) is 16.5 Å². The van der Waals surface area contributed by atoms with Crippen molar-refractivity contribution in [2.45, 2.75) is 0 Å². The topological polar surface area (TPSA) is 64.4 Å². The first-order valence-electron chi connectivity index (χ1n) is 8.62. The molecular weight excluding hydrogens is 372 g/mol. The Labute approximate surface area is 167 Å². The van der Waals surface area contributed by atoms with Gasteiger partial charge >= 0.3 is 0 Å². The third-order valence-corrected chi connectivity index (χ3v) is 4.66.